The fraction of sp³-hybridized carbons (Fsp3) is 0.167. The molecule has 1 rings (SSSR count). The van der Waals surface area contributed by atoms with E-state index < -0.39 is 6.73 Å². The molecule has 1 heterocycles. The van der Waals surface area contributed by atoms with Crippen LogP contribution in [0, 0.1) is 10.7 Å². The first-order chi connectivity index (χ1) is 5.27. The molecule has 0 fully saturated rings. The molecule has 2 N–H and O–H groups in total. The molecular formula is C6H9N3O2. The summed E-state index contributed by atoms with van der Waals surface area (Å²) in [5, 5.41) is 16.7. The number of aliphatic hydroxyl groups is 1. The Hall–Kier alpha value is -1.49. The fourth-order valence-corrected chi connectivity index (χ4v) is 0.313. The molecule has 0 saturated carbocycles. The summed E-state index contributed by atoms with van der Waals surface area (Å²) in [7, 11) is 0. The predicted molar refractivity (Wildman–Crippen MR) is 37.7 cm³/mol. The van der Waals surface area contributed by atoms with E-state index >= 15 is 0 Å². The average Bonchev–Trinajstić information content (AvgIpc) is 2.09. The van der Waals surface area contributed by atoms with Crippen LogP contribution in [-0.4, -0.2) is 21.7 Å². The van der Waals surface area contributed by atoms with Gasteiger partial charge in [-0.3, -0.25) is 4.98 Å². The van der Waals surface area contributed by atoms with Crippen molar-refractivity contribution in [3.63, 3.8) is 0 Å². The third-order valence-corrected chi connectivity index (χ3v) is 0.695. The van der Waals surface area contributed by atoms with E-state index in [9.17, 15) is 0 Å². The number of rotatable bonds is 1. The van der Waals surface area contributed by atoms with Gasteiger partial charge in [-0.2, -0.15) is 0 Å². The highest BCUT2D eigenvalue weighted by atomic mass is 16.5. The highest BCUT2D eigenvalue weighted by Crippen LogP contribution is 1.73. The summed E-state index contributed by atoms with van der Waals surface area (Å²) in [6, 6.07) is 5.72. The van der Waals surface area contributed by atoms with E-state index in [-0.39, 0.29) is 4.86 Å². The van der Waals surface area contributed by atoms with Crippen LogP contribution in [0.4, 0.5) is 0 Å². The number of aromatic nitrogens is 1. The third kappa shape index (κ3) is 8.51. The smallest absolute Gasteiger partial charge is 0.281 e. The molecule has 0 aromatic carbocycles. The van der Waals surface area contributed by atoms with Crippen molar-refractivity contribution in [2.45, 2.75) is 0 Å². The maximum atomic E-state index is 9.15. The van der Waals surface area contributed by atoms with Gasteiger partial charge in [-0.1, -0.05) is 10.9 Å². The Morgan fingerprint density at radius 2 is 1.82 bits per heavy atom. The number of pyridine rings is 1. The van der Waals surface area contributed by atoms with Gasteiger partial charge in [-0.05, 0) is 17.7 Å². The van der Waals surface area contributed by atoms with Crippen LogP contribution >= 0.6 is 0 Å². The van der Waals surface area contributed by atoms with Crippen molar-refractivity contribution in [3.05, 3.63) is 35.8 Å². The molecule has 60 valence electrons. The number of aliphatic hydroxyl groups excluding tert-OH is 1. The molecule has 0 aliphatic carbocycles. The lowest BCUT2D eigenvalue weighted by Crippen LogP contribution is -1.95. The molecule has 0 radical (unpaired) electrons. The zero-order chi connectivity index (χ0) is 8.53. The second-order valence-corrected chi connectivity index (χ2v) is 1.54. The molecule has 11 heavy (non-hydrogen) atoms. The monoisotopic (exact) mass is 155 g/mol. The van der Waals surface area contributed by atoms with E-state index in [4.69, 9.17) is 15.8 Å². The zero-order valence-electron chi connectivity index (χ0n) is 5.84. The van der Waals surface area contributed by atoms with Gasteiger partial charge in [0.15, 0.2) is 0 Å². The second kappa shape index (κ2) is 6.63. The van der Waals surface area contributed by atoms with Crippen LogP contribution in [-0.2, 0) is 0 Å². The van der Waals surface area contributed by atoms with E-state index in [0.29, 0.717) is 0 Å². The minimum atomic E-state index is -0.750. The molecule has 0 unspecified atom stereocenters. The van der Waals surface area contributed by atoms with Crippen molar-refractivity contribution >= 4 is 0 Å². The van der Waals surface area contributed by atoms with Gasteiger partial charge in [-0.25, -0.2) is 0 Å². The van der Waals surface area contributed by atoms with Crippen LogP contribution in [0.5, 0.6) is 0 Å². The lowest BCUT2D eigenvalue weighted by Gasteiger charge is -1.84. The topological polar surface area (TPSA) is 83.0 Å². The summed E-state index contributed by atoms with van der Waals surface area (Å²) in [5.41, 5.74) is 5.85. The second-order valence-electron chi connectivity index (χ2n) is 1.54. The Morgan fingerprint density at radius 1 is 1.36 bits per heavy atom. The Bertz CT molecular complexity index is 164. The lowest BCUT2D eigenvalue weighted by molar-refractivity contribution is -0.586. The minimum absolute atomic E-state index is 0.319. The van der Waals surface area contributed by atoms with E-state index in [1.807, 2.05) is 18.2 Å². The Kier molecular flexibility index (Phi) is 5.73. The van der Waals surface area contributed by atoms with Crippen LogP contribution in [0.1, 0.15) is 0 Å². The van der Waals surface area contributed by atoms with Crippen molar-refractivity contribution in [2.75, 3.05) is 6.73 Å². The Morgan fingerprint density at radius 3 is 1.91 bits per heavy atom. The highest BCUT2D eigenvalue weighted by molar-refractivity contribution is 4.88. The number of nitrogens with one attached hydrogen (secondary N) is 1. The van der Waals surface area contributed by atoms with Crippen LogP contribution in [0.3, 0.4) is 0 Å². The first-order valence-electron chi connectivity index (χ1n) is 2.89. The molecular weight excluding hydrogens is 146 g/mol. The third-order valence-electron chi connectivity index (χ3n) is 0.695. The van der Waals surface area contributed by atoms with Crippen LogP contribution in [0.25, 0.3) is 0 Å². The number of hydrogen-bond donors (Lipinski definition) is 2. The van der Waals surface area contributed by atoms with Crippen molar-refractivity contribution in [3.8, 4) is 0 Å². The van der Waals surface area contributed by atoms with Gasteiger partial charge in [0, 0.05) is 12.4 Å². The molecule has 0 amide bonds. The molecule has 1 aromatic heterocycles. The van der Waals surface area contributed by atoms with Crippen molar-refractivity contribution < 1.29 is 9.97 Å². The largest absolute Gasteiger partial charge is 0.598 e. The quantitative estimate of drug-likeness (QED) is 0.269. The summed E-state index contributed by atoms with van der Waals surface area (Å²) in [4.78, 5) is 3.47. The summed E-state index contributed by atoms with van der Waals surface area (Å²) in [6.45, 7) is -0.750. The fourth-order valence-electron chi connectivity index (χ4n) is 0.313. The predicted octanol–water partition coefficient (Wildman–Crippen LogP) is 0.559. The summed E-state index contributed by atoms with van der Waals surface area (Å²) >= 11 is 0. The van der Waals surface area contributed by atoms with Crippen LogP contribution in [0.15, 0.2) is 30.6 Å². The van der Waals surface area contributed by atoms with Crippen LogP contribution in [0.2, 0.25) is 0 Å². The van der Waals surface area contributed by atoms with Crippen molar-refractivity contribution in [1.82, 2.24) is 4.98 Å². The molecule has 0 aliphatic rings. The van der Waals surface area contributed by atoms with Gasteiger partial charge in [0.25, 0.3) is 6.73 Å². The van der Waals surface area contributed by atoms with E-state index in [2.05, 4.69) is 4.98 Å². The SMILES string of the molecule is N=[N+]([O-])CO.c1ccncc1. The van der Waals surface area contributed by atoms with E-state index in [1.165, 1.54) is 0 Å². The Balaban J connectivity index is 0.000000187. The zero-order valence-corrected chi connectivity index (χ0v) is 5.84. The molecule has 0 aliphatic heterocycles. The van der Waals surface area contributed by atoms with Crippen molar-refractivity contribution in [2.24, 2.45) is 0 Å². The van der Waals surface area contributed by atoms with Crippen LogP contribution < -0.4 is 0 Å². The van der Waals surface area contributed by atoms with E-state index in [0.717, 1.165) is 0 Å². The van der Waals surface area contributed by atoms with Gasteiger partial charge < -0.3 is 10.3 Å². The molecule has 0 atom stereocenters. The van der Waals surface area contributed by atoms with Gasteiger partial charge in [0.05, 0.1) is 0 Å². The van der Waals surface area contributed by atoms with Crippen molar-refractivity contribution in [1.29, 1.82) is 5.53 Å². The van der Waals surface area contributed by atoms with Gasteiger partial charge in [-0.15, -0.1) is 0 Å². The molecule has 0 saturated heterocycles. The summed E-state index contributed by atoms with van der Waals surface area (Å²) in [5.74, 6) is 0. The van der Waals surface area contributed by atoms with E-state index in [1.54, 1.807) is 12.4 Å². The standard InChI is InChI=1S/C5H5N.CH4N2O2/c1-2-4-6-5-3-1;2-3(5)1-4/h1-5H;2,4H,1H2. The maximum Gasteiger partial charge on any atom is 0.281 e. The molecule has 5 nitrogen and oxygen atoms in total. The summed E-state index contributed by atoms with van der Waals surface area (Å²) in [6.07, 6.45) is 3.50. The Labute approximate surface area is 64.0 Å². The lowest BCUT2D eigenvalue weighted by atomic mass is 10.5. The molecule has 5 heteroatoms. The van der Waals surface area contributed by atoms with Gasteiger partial charge in [0.1, 0.15) is 0 Å². The number of hydroxylamine groups is 1. The molecule has 0 bridgehead atoms. The highest BCUT2D eigenvalue weighted by Gasteiger charge is 1.71. The average molecular weight is 155 g/mol. The normalized spacial score (nSPS) is 7.73. The first-order valence-corrected chi connectivity index (χ1v) is 2.89. The number of nitrogens with zero attached hydrogens (tertiary/aromatic N) is 2. The summed E-state index contributed by atoms with van der Waals surface area (Å²) < 4.78 is 0. The molecule has 0 spiro atoms. The first kappa shape index (κ1) is 9.51. The number of hydrogen-bond acceptors (Lipinski definition) is 4. The minimum Gasteiger partial charge on any atom is -0.598 e. The maximum absolute atomic E-state index is 9.15. The van der Waals surface area contributed by atoms with Gasteiger partial charge >= 0.3 is 0 Å². The molecule has 1 aromatic rings. The van der Waals surface area contributed by atoms with Gasteiger partial charge in [0.2, 0.25) is 0 Å².